The number of piperidine rings is 1. The van der Waals surface area contributed by atoms with Gasteiger partial charge in [0.05, 0.1) is 12.3 Å². The number of para-hydroxylation sites is 1. The lowest BCUT2D eigenvalue weighted by molar-refractivity contribution is -0.148. The van der Waals surface area contributed by atoms with Crippen LogP contribution in [0.2, 0.25) is 0 Å². The summed E-state index contributed by atoms with van der Waals surface area (Å²) in [5.74, 6) is -1.26. The number of carboxylic acid groups (broad SMARTS) is 1. The van der Waals surface area contributed by atoms with Crippen molar-refractivity contribution in [1.29, 1.82) is 0 Å². The van der Waals surface area contributed by atoms with Crippen molar-refractivity contribution < 1.29 is 14.7 Å². The summed E-state index contributed by atoms with van der Waals surface area (Å²) in [6.45, 7) is 4.61. The van der Waals surface area contributed by atoms with Crippen LogP contribution >= 0.6 is 0 Å². The summed E-state index contributed by atoms with van der Waals surface area (Å²) in [6, 6.07) is 5.90. The fourth-order valence-electron chi connectivity index (χ4n) is 3.81. The topological polar surface area (TPSA) is 73.4 Å². The van der Waals surface area contributed by atoms with E-state index in [0.29, 0.717) is 19.4 Å². The molecule has 1 fully saturated rings. The highest BCUT2D eigenvalue weighted by Gasteiger charge is 2.35. The molecule has 128 valence electrons. The summed E-state index contributed by atoms with van der Waals surface area (Å²) in [4.78, 5) is 29.1. The first-order chi connectivity index (χ1) is 11.5. The second kappa shape index (κ2) is 6.67. The first-order valence-corrected chi connectivity index (χ1v) is 8.63. The van der Waals surface area contributed by atoms with Crippen molar-refractivity contribution >= 4 is 22.8 Å². The molecule has 3 rings (SSSR count). The predicted octanol–water partition coefficient (Wildman–Crippen LogP) is 2.98. The Labute approximate surface area is 141 Å². The number of amides is 1. The standard InChI is InChI=1S/C19H24N2O3/c1-3-13-6-4-7-16-14(11-20-18(13)16)10-17(22)21-9-5-8-15(12(21)2)19(23)24/h4,6-7,11-12,15,20H,3,5,8-10H2,1-2H3,(H,23,24)/t12-,15-/m0/s1. The number of nitrogens with zero attached hydrogens (tertiary/aromatic N) is 1. The van der Waals surface area contributed by atoms with E-state index < -0.39 is 11.9 Å². The third-order valence-corrected chi connectivity index (χ3v) is 5.24. The number of nitrogens with one attached hydrogen (secondary N) is 1. The predicted molar refractivity (Wildman–Crippen MR) is 92.9 cm³/mol. The van der Waals surface area contributed by atoms with Crippen LogP contribution in [0.5, 0.6) is 0 Å². The zero-order valence-corrected chi connectivity index (χ0v) is 14.2. The van der Waals surface area contributed by atoms with Crippen LogP contribution in [-0.2, 0) is 22.4 Å². The van der Waals surface area contributed by atoms with Crippen molar-refractivity contribution in [3.05, 3.63) is 35.5 Å². The number of carbonyl (C=O) groups excluding carboxylic acids is 1. The van der Waals surface area contributed by atoms with Gasteiger partial charge in [-0.2, -0.15) is 0 Å². The maximum Gasteiger partial charge on any atom is 0.308 e. The molecule has 1 aromatic carbocycles. The molecule has 5 nitrogen and oxygen atoms in total. The summed E-state index contributed by atoms with van der Waals surface area (Å²) in [5, 5.41) is 10.4. The average molecular weight is 328 g/mol. The Morgan fingerprint density at radius 3 is 2.83 bits per heavy atom. The molecule has 0 unspecified atom stereocenters. The van der Waals surface area contributed by atoms with Gasteiger partial charge in [0.25, 0.3) is 0 Å². The molecule has 0 aliphatic carbocycles. The molecule has 1 amide bonds. The van der Waals surface area contributed by atoms with Gasteiger partial charge in [0.2, 0.25) is 5.91 Å². The van der Waals surface area contributed by atoms with E-state index in [2.05, 4.69) is 18.0 Å². The number of fused-ring (bicyclic) bond motifs is 1. The van der Waals surface area contributed by atoms with Crippen LogP contribution in [0.3, 0.4) is 0 Å². The molecular weight excluding hydrogens is 304 g/mol. The number of aliphatic carboxylic acids is 1. The van der Waals surface area contributed by atoms with Crippen LogP contribution in [0, 0.1) is 5.92 Å². The van der Waals surface area contributed by atoms with Gasteiger partial charge in [0.1, 0.15) is 0 Å². The fraction of sp³-hybridized carbons (Fsp3) is 0.474. The largest absolute Gasteiger partial charge is 0.481 e. The van der Waals surface area contributed by atoms with Gasteiger partial charge in [-0.1, -0.05) is 25.1 Å². The molecule has 2 atom stereocenters. The van der Waals surface area contributed by atoms with E-state index in [4.69, 9.17) is 0 Å². The van der Waals surface area contributed by atoms with Gasteiger partial charge < -0.3 is 15.0 Å². The maximum atomic E-state index is 12.8. The molecule has 2 aromatic rings. The third kappa shape index (κ3) is 2.90. The van der Waals surface area contributed by atoms with Gasteiger partial charge in [-0.3, -0.25) is 9.59 Å². The van der Waals surface area contributed by atoms with E-state index in [0.717, 1.165) is 29.3 Å². The number of likely N-dealkylation sites (tertiary alicyclic amines) is 1. The second-order valence-electron chi connectivity index (χ2n) is 6.60. The second-order valence-corrected chi connectivity index (χ2v) is 6.60. The summed E-state index contributed by atoms with van der Waals surface area (Å²) in [7, 11) is 0. The molecule has 1 aliphatic rings. The minimum atomic E-state index is -0.806. The minimum Gasteiger partial charge on any atom is -0.481 e. The first kappa shape index (κ1) is 16.6. The summed E-state index contributed by atoms with van der Waals surface area (Å²) >= 11 is 0. The molecule has 24 heavy (non-hydrogen) atoms. The molecule has 0 radical (unpaired) electrons. The molecule has 1 saturated heterocycles. The number of hydrogen-bond donors (Lipinski definition) is 2. The summed E-state index contributed by atoms with van der Waals surface area (Å²) in [6.07, 6.45) is 4.55. The van der Waals surface area contributed by atoms with Gasteiger partial charge in [0.15, 0.2) is 0 Å². The Morgan fingerprint density at radius 1 is 1.33 bits per heavy atom. The molecule has 2 heterocycles. The van der Waals surface area contributed by atoms with E-state index in [1.54, 1.807) is 4.90 Å². The normalized spacial score (nSPS) is 21.2. The van der Waals surface area contributed by atoms with Gasteiger partial charge in [-0.05, 0) is 37.3 Å². The number of carboxylic acids is 1. The van der Waals surface area contributed by atoms with E-state index in [-0.39, 0.29) is 11.9 Å². The van der Waals surface area contributed by atoms with E-state index in [9.17, 15) is 14.7 Å². The number of aromatic amines is 1. The monoisotopic (exact) mass is 328 g/mol. The number of hydrogen-bond acceptors (Lipinski definition) is 2. The molecular formula is C19H24N2O3. The number of H-pyrrole nitrogens is 1. The van der Waals surface area contributed by atoms with Crippen molar-refractivity contribution in [1.82, 2.24) is 9.88 Å². The highest BCUT2D eigenvalue weighted by molar-refractivity contribution is 5.91. The van der Waals surface area contributed by atoms with Crippen molar-refractivity contribution in [3.63, 3.8) is 0 Å². The molecule has 1 aromatic heterocycles. The van der Waals surface area contributed by atoms with Crippen molar-refractivity contribution in [2.45, 2.75) is 45.6 Å². The zero-order valence-electron chi connectivity index (χ0n) is 14.2. The number of aryl methyl sites for hydroxylation is 1. The Balaban J connectivity index is 1.81. The lowest BCUT2D eigenvalue weighted by Crippen LogP contribution is -2.49. The van der Waals surface area contributed by atoms with Crippen LogP contribution < -0.4 is 0 Å². The van der Waals surface area contributed by atoms with Gasteiger partial charge in [-0.25, -0.2) is 0 Å². The highest BCUT2D eigenvalue weighted by atomic mass is 16.4. The van der Waals surface area contributed by atoms with Gasteiger partial charge in [-0.15, -0.1) is 0 Å². The van der Waals surface area contributed by atoms with Crippen molar-refractivity contribution in [2.75, 3.05) is 6.54 Å². The Morgan fingerprint density at radius 2 is 2.12 bits per heavy atom. The van der Waals surface area contributed by atoms with E-state index in [1.165, 1.54) is 5.56 Å². The molecule has 0 spiro atoms. The molecule has 1 aliphatic heterocycles. The maximum absolute atomic E-state index is 12.8. The molecule has 5 heteroatoms. The van der Waals surface area contributed by atoms with Crippen LogP contribution in [0.15, 0.2) is 24.4 Å². The van der Waals surface area contributed by atoms with Crippen molar-refractivity contribution in [2.24, 2.45) is 5.92 Å². The van der Waals surface area contributed by atoms with Crippen LogP contribution in [0.25, 0.3) is 10.9 Å². The highest BCUT2D eigenvalue weighted by Crippen LogP contribution is 2.27. The summed E-state index contributed by atoms with van der Waals surface area (Å²) < 4.78 is 0. The fourth-order valence-corrected chi connectivity index (χ4v) is 3.81. The lowest BCUT2D eigenvalue weighted by atomic mass is 9.90. The molecule has 0 bridgehead atoms. The SMILES string of the molecule is CCc1cccc2c(CC(=O)N3CCC[C@H](C(=O)O)[C@@H]3C)c[nH]c12. The Kier molecular flexibility index (Phi) is 4.60. The minimum absolute atomic E-state index is 0.0104. The molecule has 0 saturated carbocycles. The van der Waals surface area contributed by atoms with Crippen molar-refractivity contribution in [3.8, 4) is 0 Å². The van der Waals surface area contributed by atoms with Crippen LogP contribution in [-0.4, -0.2) is 39.5 Å². The molecule has 2 N–H and O–H groups in total. The first-order valence-electron chi connectivity index (χ1n) is 8.63. The quantitative estimate of drug-likeness (QED) is 0.906. The number of aromatic nitrogens is 1. The zero-order chi connectivity index (χ0) is 17.3. The van der Waals surface area contributed by atoms with E-state index >= 15 is 0 Å². The Hall–Kier alpha value is -2.30. The number of carbonyl (C=O) groups is 2. The van der Waals surface area contributed by atoms with Gasteiger partial charge >= 0.3 is 5.97 Å². The average Bonchev–Trinajstić information content (AvgIpc) is 2.97. The third-order valence-electron chi connectivity index (χ3n) is 5.24. The summed E-state index contributed by atoms with van der Waals surface area (Å²) in [5.41, 5.74) is 3.32. The Bertz CT molecular complexity index is 765. The van der Waals surface area contributed by atoms with Gasteiger partial charge in [0, 0.05) is 29.7 Å². The smallest absolute Gasteiger partial charge is 0.308 e. The van der Waals surface area contributed by atoms with Crippen LogP contribution in [0.1, 0.15) is 37.8 Å². The van der Waals surface area contributed by atoms with Crippen LogP contribution in [0.4, 0.5) is 0 Å². The lowest BCUT2D eigenvalue weighted by Gasteiger charge is -2.37. The number of rotatable bonds is 4. The van der Waals surface area contributed by atoms with E-state index in [1.807, 2.05) is 25.3 Å². The number of benzene rings is 1.